The van der Waals surface area contributed by atoms with Crippen LogP contribution in [0.4, 0.5) is 0 Å². The molecule has 2 aliphatic rings. The molecule has 0 bridgehead atoms. The van der Waals surface area contributed by atoms with E-state index >= 15 is 0 Å². The summed E-state index contributed by atoms with van der Waals surface area (Å²) >= 11 is 0. The summed E-state index contributed by atoms with van der Waals surface area (Å²) in [4.78, 5) is 44.8. The van der Waals surface area contributed by atoms with Gasteiger partial charge in [-0.05, 0) is 31.2 Å². The fourth-order valence-corrected chi connectivity index (χ4v) is 4.02. The normalized spacial score (nSPS) is 21.0. The summed E-state index contributed by atoms with van der Waals surface area (Å²) in [7, 11) is 0. The lowest BCUT2D eigenvalue weighted by molar-refractivity contribution is -0.129. The molecule has 3 rings (SSSR count). The number of aromatic nitrogens is 2. The van der Waals surface area contributed by atoms with Crippen molar-refractivity contribution in [3.05, 3.63) is 27.9 Å². The Kier molecular flexibility index (Phi) is 5.74. The van der Waals surface area contributed by atoms with Crippen molar-refractivity contribution in [1.29, 1.82) is 0 Å². The van der Waals surface area contributed by atoms with E-state index in [1.165, 1.54) is 12.8 Å². The van der Waals surface area contributed by atoms with Gasteiger partial charge in [-0.15, -0.1) is 0 Å². The third-order valence-corrected chi connectivity index (χ3v) is 5.22. The van der Waals surface area contributed by atoms with Crippen molar-refractivity contribution < 1.29 is 9.59 Å². The molecule has 26 heavy (non-hydrogen) atoms. The van der Waals surface area contributed by atoms with Crippen molar-refractivity contribution in [2.45, 2.75) is 58.4 Å². The summed E-state index contributed by atoms with van der Waals surface area (Å²) in [6.45, 7) is 5.24. The first-order chi connectivity index (χ1) is 12.4. The predicted molar refractivity (Wildman–Crippen MR) is 97.8 cm³/mol. The van der Waals surface area contributed by atoms with Gasteiger partial charge in [0.1, 0.15) is 5.69 Å². The molecule has 1 saturated carbocycles. The van der Waals surface area contributed by atoms with Gasteiger partial charge in [0.25, 0.3) is 5.91 Å². The van der Waals surface area contributed by atoms with Crippen LogP contribution in [0, 0.1) is 11.8 Å². The minimum Gasteiger partial charge on any atom is -0.350 e. The van der Waals surface area contributed by atoms with E-state index < -0.39 is 5.69 Å². The number of carbonyl (C=O) groups is 2. The standard InChI is InChI=1S/C19H28N4O3/c1-12(2)7-14-9-16(22-19(26)21-14)18(25)20-10-13-8-17(24)23(11-13)15-5-3-4-6-15/h9,12-13,15H,3-8,10-11H2,1-2H3,(H,20,25)(H,21,22,26). The van der Waals surface area contributed by atoms with Gasteiger partial charge in [0.2, 0.25) is 5.91 Å². The smallest absolute Gasteiger partial charge is 0.345 e. The molecule has 7 nitrogen and oxygen atoms in total. The Balaban J connectivity index is 1.56. The van der Waals surface area contributed by atoms with Gasteiger partial charge in [-0.3, -0.25) is 9.59 Å². The molecule has 2 amide bonds. The van der Waals surface area contributed by atoms with Gasteiger partial charge in [0.05, 0.1) is 0 Å². The quantitative estimate of drug-likeness (QED) is 0.803. The second kappa shape index (κ2) is 8.01. The number of nitrogens with zero attached hydrogens (tertiary/aromatic N) is 2. The molecule has 1 aromatic heterocycles. The van der Waals surface area contributed by atoms with E-state index in [9.17, 15) is 14.4 Å². The maximum absolute atomic E-state index is 12.4. The van der Waals surface area contributed by atoms with Crippen molar-refractivity contribution in [3.8, 4) is 0 Å². The van der Waals surface area contributed by atoms with Crippen LogP contribution in [0.25, 0.3) is 0 Å². The van der Waals surface area contributed by atoms with Gasteiger partial charge in [0.15, 0.2) is 0 Å². The summed E-state index contributed by atoms with van der Waals surface area (Å²) < 4.78 is 0. The minimum atomic E-state index is -0.503. The average Bonchev–Trinajstić information content (AvgIpc) is 3.20. The van der Waals surface area contributed by atoms with Crippen LogP contribution in [-0.2, 0) is 11.2 Å². The molecule has 1 saturated heterocycles. The molecule has 1 unspecified atom stereocenters. The Morgan fingerprint density at radius 3 is 2.77 bits per heavy atom. The molecule has 7 heteroatoms. The van der Waals surface area contributed by atoms with Crippen LogP contribution in [-0.4, -0.2) is 45.8 Å². The third-order valence-electron chi connectivity index (χ3n) is 5.22. The first-order valence-electron chi connectivity index (χ1n) is 9.60. The fraction of sp³-hybridized carbons (Fsp3) is 0.684. The maximum atomic E-state index is 12.4. The largest absolute Gasteiger partial charge is 0.350 e. The van der Waals surface area contributed by atoms with Crippen LogP contribution in [0.2, 0.25) is 0 Å². The van der Waals surface area contributed by atoms with Gasteiger partial charge in [-0.2, -0.15) is 4.98 Å². The highest BCUT2D eigenvalue weighted by Crippen LogP contribution is 2.29. The number of likely N-dealkylation sites (tertiary alicyclic amines) is 1. The molecule has 2 N–H and O–H groups in total. The van der Waals surface area contributed by atoms with Crippen molar-refractivity contribution in [1.82, 2.24) is 20.2 Å². The Bertz CT molecular complexity index is 722. The van der Waals surface area contributed by atoms with Crippen LogP contribution in [0.3, 0.4) is 0 Å². The van der Waals surface area contributed by atoms with E-state index in [1.807, 2.05) is 18.7 Å². The molecule has 0 aromatic carbocycles. The van der Waals surface area contributed by atoms with Crippen LogP contribution < -0.4 is 11.0 Å². The SMILES string of the molecule is CC(C)Cc1cc(C(=O)NCC2CC(=O)N(C3CCCC3)C2)nc(=O)[nH]1. The molecule has 0 spiro atoms. The van der Waals surface area contributed by atoms with Gasteiger partial charge in [-0.25, -0.2) is 4.79 Å². The van der Waals surface area contributed by atoms with E-state index in [0.717, 1.165) is 12.8 Å². The third kappa shape index (κ3) is 4.51. The topological polar surface area (TPSA) is 95.2 Å². The molecule has 2 heterocycles. The first-order valence-corrected chi connectivity index (χ1v) is 9.60. The number of nitrogens with one attached hydrogen (secondary N) is 2. The van der Waals surface area contributed by atoms with Crippen LogP contribution in [0.1, 0.15) is 62.1 Å². The second-order valence-corrected chi connectivity index (χ2v) is 7.96. The summed E-state index contributed by atoms with van der Waals surface area (Å²) in [5, 5.41) is 2.85. The average molecular weight is 360 g/mol. The summed E-state index contributed by atoms with van der Waals surface area (Å²) in [6, 6.07) is 2.03. The Morgan fingerprint density at radius 1 is 1.35 bits per heavy atom. The predicted octanol–water partition coefficient (Wildman–Crippen LogP) is 1.49. The summed E-state index contributed by atoms with van der Waals surface area (Å²) in [5.41, 5.74) is 0.353. The molecule has 0 radical (unpaired) electrons. The number of H-pyrrole nitrogens is 1. The van der Waals surface area contributed by atoms with E-state index in [4.69, 9.17) is 0 Å². The zero-order valence-corrected chi connectivity index (χ0v) is 15.6. The van der Waals surface area contributed by atoms with Gasteiger partial charge >= 0.3 is 5.69 Å². The number of hydrogen-bond acceptors (Lipinski definition) is 4. The number of amides is 2. The lowest BCUT2D eigenvalue weighted by Crippen LogP contribution is -2.36. The zero-order valence-electron chi connectivity index (χ0n) is 15.6. The number of aromatic amines is 1. The van der Waals surface area contributed by atoms with Gasteiger partial charge in [-0.1, -0.05) is 26.7 Å². The lowest BCUT2D eigenvalue weighted by Gasteiger charge is -2.24. The number of carbonyl (C=O) groups excluding carboxylic acids is 2. The Hall–Kier alpha value is -2.18. The Morgan fingerprint density at radius 2 is 2.08 bits per heavy atom. The summed E-state index contributed by atoms with van der Waals surface area (Å²) in [5.74, 6) is 0.344. The highest BCUT2D eigenvalue weighted by Gasteiger charge is 2.35. The van der Waals surface area contributed by atoms with E-state index in [1.54, 1.807) is 6.07 Å². The molecule has 1 aromatic rings. The minimum absolute atomic E-state index is 0.129. The maximum Gasteiger partial charge on any atom is 0.345 e. The molecular weight excluding hydrogens is 332 g/mol. The first kappa shape index (κ1) is 18.6. The summed E-state index contributed by atoms with van der Waals surface area (Å²) in [6.07, 6.45) is 5.76. The van der Waals surface area contributed by atoms with Crippen molar-refractivity contribution in [2.75, 3.05) is 13.1 Å². The lowest BCUT2D eigenvalue weighted by atomic mass is 10.1. The van der Waals surface area contributed by atoms with Gasteiger partial charge < -0.3 is 15.2 Å². The zero-order chi connectivity index (χ0) is 18.7. The van der Waals surface area contributed by atoms with E-state index in [-0.39, 0.29) is 23.4 Å². The molecule has 2 fully saturated rings. The van der Waals surface area contributed by atoms with Crippen molar-refractivity contribution in [2.24, 2.45) is 11.8 Å². The molecule has 1 aliphatic carbocycles. The fourth-order valence-electron chi connectivity index (χ4n) is 4.02. The molecule has 1 aliphatic heterocycles. The highest BCUT2D eigenvalue weighted by molar-refractivity contribution is 5.92. The second-order valence-electron chi connectivity index (χ2n) is 7.96. The van der Waals surface area contributed by atoms with Crippen LogP contribution >= 0.6 is 0 Å². The van der Waals surface area contributed by atoms with E-state index in [0.29, 0.717) is 43.6 Å². The highest BCUT2D eigenvalue weighted by atomic mass is 16.2. The number of hydrogen-bond donors (Lipinski definition) is 2. The molecule has 142 valence electrons. The van der Waals surface area contributed by atoms with Crippen LogP contribution in [0.15, 0.2) is 10.9 Å². The monoisotopic (exact) mass is 360 g/mol. The molecular formula is C19H28N4O3. The Labute approximate surface area is 153 Å². The van der Waals surface area contributed by atoms with E-state index in [2.05, 4.69) is 15.3 Å². The van der Waals surface area contributed by atoms with Gasteiger partial charge in [0, 0.05) is 37.2 Å². The van der Waals surface area contributed by atoms with Crippen LogP contribution in [0.5, 0.6) is 0 Å². The molecule has 1 atom stereocenters. The number of rotatable bonds is 6. The van der Waals surface area contributed by atoms with Crippen molar-refractivity contribution in [3.63, 3.8) is 0 Å². The van der Waals surface area contributed by atoms with Crippen molar-refractivity contribution >= 4 is 11.8 Å².